The Morgan fingerprint density at radius 3 is 2.72 bits per heavy atom. The third kappa shape index (κ3) is 1.77. The maximum absolute atomic E-state index is 12.1. The standard InChI is InChI=1S/C15H20O3/c1-10(9-16)12-8-14(2)11(7-13(12)17)5-4-6-15(14,3)18/h5,8-10,18H,4,6-7H2,1-3H3. The second-order valence-electron chi connectivity index (χ2n) is 5.87. The fraction of sp³-hybridized carbons (Fsp3) is 0.600. The summed E-state index contributed by atoms with van der Waals surface area (Å²) in [6, 6.07) is 0. The quantitative estimate of drug-likeness (QED) is 0.602. The molecule has 0 spiro atoms. The van der Waals surface area contributed by atoms with E-state index in [-0.39, 0.29) is 5.78 Å². The Bertz CT molecular complexity index is 456. The van der Waals surface area contributed by atoms with Crippen molar-refractivity contribution in [2.45, 2.75) is 45.6 Å². The van der Waals surface area contributed by atoms with Crippen molar-refractivity contribution in [1.29, 1.82) is 0 Å². The summed E-state index contributed by atoms with van der Waals surface area (Å²) in [4.78, 5) is 23.0. The Balaban J connectivity index is 2.55. The molecule has 1 N–H and O–H groups in total. The van der Waals surface area contributed by atoms with E-state index in [1.54, 1.807) is 6.92 Å². The molecule has 2 rings (SSSR count). The van der Waals surface area contributed by atoms with Gasteiger partial charge in [0.05, 0.1) is 5.60 Å². The molecule has 0 aromatic heterocycles. The normalized spacial score (nSPS) is 37.4. The molecule has 0 amide bonds. The lowest BCUT2D eigenvalue weighted by Gasteiger charge is -2.48. The highest BCUT2D eigenvalue weighted by Crippen LogP contribution is 2.50. The lowest BCUT2D eigenvalue weighted by Crippen LogP contribution is -2.48. The number of rotatable bonds is 2. The summed E-state index contributed by atoms with van der Waals surface area (Å²) in [6.07, 6.45) is 6.49. The van der Waals surface area contributed by atoms with Crippen molar-refractivity contribution in [2.75, 3.05) is 0 Å². The number of hydrogen-bond acceptors (Lipinski definition) is 3. The number of ketones is 1. The molecule has 0 fully saturated rings. The predicted octanol–water partition coefficient (Wildman–Crippen LogP) is 2.20. The van der Waals surface area contributed by atoms with Crippen molar-refractivity contribution < 1.29 is 14.7 Å². The number of carbonyl (C=O) groups excluding carboxylic acids is 2. The van der Waals surface area contributed by atoms with E-state index in [9.17, 15) is 14.7 Å². The SMILES string of the molecule is CC(C=O)C1=CC2(C)C(=CCCC2(C)O)CC1=O. The van der Waals surface area contributed by atoms with Crippen LogP contribution in [0.1, 0.15) is 40.0 Å². The Morgan fingerprint density at radius 2 is 2.11 bits per heavy atom. The van der Waals surface area contributed by atoms with E-state index in [0.717, 1.165) is 18.3 Å². The Kier molecular flexibility index (Phi) is 3.06. The van der Waals surface area contributed by atoms with E-state index < -0.39 is 16.9 Å². The molecule has 0 aromatic rings. The summed E-state index contributed by atoms with van der Waals surface area (Å²) in [7, 11) is 0. The highest BCUT2D eigenvalue weighted by molar-refractivity contribution is 6.01. The number of aldehydes is 1. The van der Waals surface area contributed by atoms with Gasteiger partial charge in [-0.3, -0.25) is 4.79 Å². The molecular formula is C15H20O3. The van der Waals surface area contributed by atoms with Crippen molar-refractivity contribution in [3.8, 4) is 0 Å². The number of carbonyl (C=O) groups is 2. The van der Waals surface area contributed by atoms with Crippen LogP contribution in [0.4, 0.5) is 0 Å². The summed E-state index contributed by atoms with van der Waals surface area (Å²) < 4.78 is 0. The van der Waals surface area contributed by atoms with Crippen LogP contribution in [-0.2, 0) is 9.59 Å². The van der Waals surface area contributed by atoms with Crippen LogP contribution in [0.5, 0.6) is 0 Å². The molecule has 0 saturated heterocycles. The number of aliphatic hydroxyl groups is 1. The van der Waals surface area contributed by atoms with Crippen LogP contribution >= 0.6 is 0 Å². The fourth-order valence-electron chi connectivity index (χ4n) is 2.97. The van der Waals surface area contributed by atoms with E-state index in [0.29, 0.717) is 18.4 Å². The zero-order valence-electron chi connectivity index (χ0n) is 11.2. The third-order valence-electron chi connectivity index (χ3n) is 4.62. The van der Waals surface area contributed by atoms with Gasteiger partial charge in [0.25, 0.3) is 0 Å². The molecule has 98 valence electrons. The van der Waals surface area contributed by atoms with E-state index >= 15 is 0 Å². The van der Waals surface area contributed by atoms with Gasteiger partial charge in [-0.2, -0.15) is 0 Å². The Hall–Kier alpha value is -1.22. The highest BCUT2D eigenvalue weighted by atomic mass is 16.3. The Labute approximate surface area is 108 Å². The molecule has 2 aliphatic rings. The molecule has 0 bridgehead atoms. The van der Waals surface area contributed by atoms with Gasteiger partial charge in [0.1, 0.15) is 6.29 Å². The van der Waals surface area contributed by atoms with Crippen molar-refractivity contribution in [2.24, 2.45) is 11.3 Å². The summed E-state index contributed by atoms with van der Waals surface area (Å²) in [5.74, 6) is -0.385. The first-order valence-corrected chi connectivity index (χ1v) is 6.45. The molecule has 0 saturated carbocycles. The number of hydrogen-bond donors (Lipinski definition) is 1. The van der Waals surface area contributed by atoms with E-state index in [1.165, 1.54) is 0 Å². The number of Topliss-reactive ketones (excluding diaryl/α,β-unsaturated/α-hetero) is 1. The minimum Gasteiger partial charge on any atom is -0.389 e. The van der Waals surface area contributed by atoms with Gasteiger partial charge in [-0.05, 0) is 26.7 Å². The molecule has 3 heteroatoms. The van der Waals surface area contributed by atoms with Crippen LogP contribution in [-0.4, -0.2) is 22.8 Å². The first kappa shape index (κ1) is 13.2. The molecule has 3 unspecified atom stereocenters. The molecule has 2 aliphatic carbocycles. The molecular weight excluding hydrogens is 228 g/mol. The van der Waals surface area contributed by atoms with Gasteiger partial charge in [0, 0.05) is 23.3 Å². The van der Waals surface area contributed by atoms with Crippen LogP contribution in [0.3, 0.4) is 0 Å². The highest BCUT2D eigenvalue weighted by Gasteiger charge is 2.49. The maximum atomic E-state index is 12.1. The minimum atomic E-state index is -0.856. The van der Waals surface area contributed by atoms with E-state index in [1.807, 2.05) is 19.9 Å². The van der Waals surface area contributed by atoms with Gasteiger partial charge in [0.2, 0.25) is 0 Å². The molecule has 3 atom stereocenters. The zero-order chi connectivity index (χ0) is 13.6. The van der Waals surface area contributed by atoms with Crippen molar-refractivity contribution >= 4 is 12.1 Å². The van der Waals surface area contributed by atoms with Crippen LogP contribution in [0.2, 0.25) is 0 Å². The molecule has 0 radical (unpaired) electrons. The summed E-state index contributed by atoms with van der Waals surface area (Å²) >= 11 is 0. The lowest BCUT2D eigenvalue weighted by atomic mass is 9.59. The van der Waals surface area contributed by atoms with Crippen LogP contribution in [0, 0.1) is 11.3 Å². The predicted molar refractivity (Wildman–Crippen MR) is 69.0 cm³/mol. The molecule has 3 nitrogen and oxygen atoms in total. The third-order valence-corrected chi connectivity index (χ3v) is 4.62. The molecule has 0 aromatic carbocycles. The summed E-state index contributed by atoms with van der Waals surface area (Å²) in [6.45, 7) is 5.50. The zero-order valence-corrected chi connectivity index (χ0v) is 11.2. The van der Waals surface area contributed by atoms with Crippen molar-refractivity contribution in [3.05, 3.63) is 23.3 Å². The van der Waals surface area contributed by atoms with Crippen LogP contribution < -0.4 is 0 Å². The van der Waals surface area contributed by atoms with Gasteiger partial charge in [-0.25, -0.2) is 0 Å². The molecule has 0 aliphatic heterocycles. The van der Waals surface area contributed by atoms with E-state index in [4.69, 9.17) is 0 Å². The van der Waals surface area contributed by atoms with Gasteiger partial charge in [-0.1, -0.05) is 24.6 Å². The summed E-state index contributed by atoms with van der Waals surface area (Å²) in [5.41, 5.74) is 0.162. The Morgan fingerprint density at radius 1 is 1.44 bits per heavy atom. The lowest BCUT2D eigenvalue weighted by molar-refractivity contribution is -0.119. The summed E-state index contributed by atoms with van der Waals surface area (Å²) in [5, 5.41) is 10.6. The van der Waals surface area contributed by atoms with Crippen LogP contribution in [0.15, 0.2) is 23.3 Å². The van der Waals surface area contributed by atoms with Crippen LogP contribution in [0.25, 0.3) is 0 Å². The minimum absolute atomic E-state index is 0.0102. The molecule has 0 heterocycles. The van der Waals surface area contributed by atoms with Crippen molar-refractivity contribution in [3.63, 3.8) is 0 Å². The first-order chi connectivity index (χ1) is 8.32. The topological polar surface area (TPSA) is 54.4 Å². The van der Waals surface area contributed by atoms with Crippen molar-refractivity contribution in [1.82, 2.24) is 0 Å². The second-order valence-corrected chi connectivity index (χ2v) is 5.87. The fourth-order valence-corrected chi connectivity index (χ4v) is 2.97. The second kappa shape index (κ2) is 4.16. The monoisotopic (exact) mass is 248 g/mol. The first-order valence-electron chi connectivity index (χ1n) is 6.45. The molecule has 18 heavy (non-hydrogen) atoms. The van der Waals surface area contributed by atoms with Gasteiger partial charge < -0.3 is 9.90 Å². The number of fused-ring (bicyclic) bond motifs is 1. The average molecular weight is 248 g/mol. The van der Waals surface area contributed by atoms with Gasteiger partial charge in [-0.15, -0.1) is 0 Å². The van der Waals surface area contributed by atoms with Gasteiger partial charge in [0.15, 0.2) is 5.78 Å². The average Bonchev–Trinajstić information content (AvgIpc) is 2.30. The largest absolute Gasteiger partial charge is 0.389 e. The number of allylic oxidation sites excluding steroid dienone is 2. The van der Waals surface area contributed by atoms with E-state index in [2.05, 4.69) is 6.08 Å². The maximum Gasteiger partial charge on any atom is 0.163 e. The van der Waals surface area contributed by atoms with Gasteiger partial charge >= 0.3 is 0 Å². The smallest absolute Gasteiger partial charge is 0.163 e.